The summed E-state index contributed by atoms with van der Waals surface area (Å²) in [6, 6.07) is 1.88. The summed E-state index contributed by atoms with van der Waals surface area (Å²) < 4.78 is 5.31. The van der Waals surface area contributed by atoms with Gasteiger partial charge < -0.3 is 9.73 Å². The van der Waals surface area contributed by atoms with E-state index in [9.17, 15) is 0 Å². The Hall–Kier alpha value is -1.63. The molecule has 0 aromatic carbocycles. The lowest BCUT2D eigenvalue weighted by molar-refractivity contribution is 0.429. The van der Waals surface area contributed by atoms with E-state index in [1.165, 1.54) is 11.8 Å². The second-order valence-corrected chi connectivity index (χ2v) is 4.73. The Bertz CT molecular complexity index is 528. The minimum atomic E-state index is 0.493. The monoisotopic (exact) mass is 265 g/mol. The molecule has 0 radical (unpaired) electrons. The van der Waals surface area contributed by atoms with Gasteiger partial charge in [0.25, 0.3) is 5.22 Å². The normalized spacial score (nSPS) is 10.6. The average Bonchev–Trinajstić information content (AvgIpc) is 2.71. The maximum atomic E-state index is 5.31. The van der Waals surface area contributed by atoms with Gasteiger partial charge in [0.2, 0.25) is 5.89 Å². The first kappa shape index (κ1) is 12.8. The first-order valence-electron chi connectivity index (χ1n) is 5.75. The molecular formula is C11H15N5OS. The Morgan fingerprint density at radius 1 is 1.28 bits per heavy atom. The van der Waals surface area contributed by atoms with Gasteiger partial charge in [0, 0.05) is 19.5 Å². The first-order chi connectivity index (χ1) is 8.67. The van der Waals surface area contributed by atoms with E-state index in [0.29, 0.717) is 11.1 Å². The van der Waals surface area contributed by atoms with E-state index in [4.69, 9.17) is 4.42 Å². The van der Waals surface area contributed by atoms with Crippen molar-refractivity contribution in [3.8, 4) is 0 Å². The largest absolute Gasteiger partial charge is 0.416 e. The van der Waals surface area contributed by atoms with Crippen molar-refractivity contribution in [1.29, 1.82) is 0 Å². The second kappa shape index (κ2) is 5.81. The van der Waals surface area contributed by atoms with E-state index in [-0.39, 0.29) is 0 Å². The lowest BCUT2D eigenvalue weighted by Crippen LogP contribution is -2.04. The number of rotatable bonds is 5. The molecule has 1 N–H and O–H groups in total. The van der Waals surface area contributed by atoms with Crippen LogP contribution < -0.4 is 5.32 Å². The zero-order valence-corrected chi connectivity index (χ0v) is 11.4. The van der Waals surface area contributed by atoms with E-state index >= 15 is 0 Å². The Labute approximate surface area is 110 Å². The van der Waals surface area contributed by atoms with Crippen LogP contribution in [-0.2, 0) is 0 Å². The third-order valence-electron chi connectivity index (χ3n) is 2.07. The van der Waals surface area contributed by atoms with E-state index in [0.717, 1.165) is 29.6 Å². The van der Waals surface area contributed by atoms with Crippen LogP contribution in [-0.4, -0.2) is 26.7 Å². The summed E-state index contributed by atoms with van der Waals surface area (Å²) in [4.78, 5) is 8.65. The summed E-state index contributed by atoms with van der Waals surface area (Å²) in [6.45, 7) is 6.62. The molecule has 7 heteroatoms. The van der Waals surface area contributed by atoms with Gasteiger partial charge >= 0.3 is 0 Å². The zero-order chi connectivity index (χ0) is 13.0. The van der Waals surface area contributed by atoms with Crippen LogP contribution in [0.1, 0.15) is 25.1 Å². The summed E-state index contributed by atoms with van der Waals surface area (Å²) in [5.41, 5.74) is 0. The Kier molecular flexibility index (Phi) is 4.14. The van der Waals surface area contributed by atoms with Gasteiger partial charge in [0.05, 0.1) is 0 Å². The number of hydrogen-bond donors (Lipinski definition) is 1. The Morgan fingerprint density at radius 2 is 2.11 bits per heavy atom. The number of aromatic nitrogens is 4. The van der Waals surface area contributed by atoms with Crippen LogP contribution in [0.25, 0.3) is 0 Å². The molecule has 0 unspecified atom stereocenters. The molecule has 2 aromatic rings. The van der Waals surface area contributed by atoms with E-state index in [1.807, 2.05) is 13.0 Å². The molecule has 2 heterocycles. The maximum Gasteiger partial charge on any atom is 0.282 e. The van der Waals surface area contributed by atoms with Crippen molar-refractivity contribution in [2.75, 3.05) is 11.9 Å². The van der Waals surface area contributed by atoms with Gasteiger partial charge in [-0.15, -0.1) is 10.2 Å². The minimum absolute atomic E-state index is 0.493. The fraction of sp³-hybridized carbons (Fsp3) is 0.455. The predicted molar refractivity (Wildman–Crippen MR) is 68.7 cm³/mol. The number of nitrogens with one attached hydrogen (secondary N) is 1. The average molecular weight is 265 g/mol. The highest BCUT2D eigenvalue weighted by Gasteiger charge is 2.08. The quantitative estimate of drug-likeness (QED) is 0.832. The molecular weight excluding hydrogens is 250 g/mol. The van der Waals surface area contributed by atoms with Crippen LogP contribution in [0.4, 0.5) is 5.82 Å². The molecule has 0 spiro atoms. The summed E-state index contributed by atoms with van der Waals surface area (Å²) in [7, 11) is 0. The van der Waals surface area contributed by atoms with E-state index < -0.39 is 0 Å². The summed E-state index contributed by atoms with van der Waals surface area (Å²) in [6.07, 6.45) is 1.05. The minimum Gasteiger partial charge on any atom is -0.416 e. The van der Waals surface area contributed by atoms with Gasteiger partial charge in [0.15, 0.2) is 0 Å². The molecule has 0 fully saturated rings. The van der Waals surface area contributed by atoms with Crippen LogP contribution in [0.2, 0.25) is 0 Å². The van der Waals surface area contributed by atoms with Crippen molar-refractivity contribution in [1.82, 2.24) is 20.2 Å². The molecule has 0 aliphatic carbocycles. The zero-order valence-electron chi connectivity index (χ0n) is 10.6. The van der Waals surface area contributed by atoms with Gasteiger partial charge in [-0.25, -0.2) is 9.97 Å². The first-order valence-corrected chi connectivity index (χ1v) is 6.56. The van der Waals surface area contributed by atoms with Crippen LogP contribution in [0, 0.1) is 13.8 Å². The van der Waals surface area contributed by atoms with Crippen LogP contribution in [0.15, 0.2) is 20.7 Å². The summed E-state index contributed by atoms with van der Waals surface area (Å²) in [5, 5.41) is 12.2. The Balaban J connectivity index is 2.14. The van der Waals surface area contributed by atoms with Gasteiger partial charge in [0.1, 0.15) is 16.7 Å². The predicted octanol–water partition coefficient (Wildman–Crippen LogP) is 2.45. The molecule has 0 saturated carbocycles. The lowest BCUT2D eigenvalue weighted by atomic mass is 10.4. The fourth-order valence-corrected chi connectivity index (χ4v) is 2.12. The molecule has 0 aliphatic heterocycles. The molecule has 96 valence electrons. The highest BCUT2D eigenvalue weighted by molar-refractivity contribution is 7.99. The standard InChI is InChI=1S/C11H15N5OS/c1-4-5-12-9-6-10(14-7(2)13-9)18-11-16-15-8(3)17-11/h6H,4-5H2,1-3H3,(H,12,13,14). The SMILES string of the molecule is CCCNc1cc(Sc2nnc(C)o2)nc(C)n1. The molecule has 0 amide bonds. The van der Waals surface area contributed by atoms with Gasteiger partial charge in [-0.1, -0.05) is 6.92 Å². The van der Waals surface area contributed by atoms with Crippen molar-refractivity contribution >= 4 is 17.6 Å². The highest BCUT2D eigenvalue weighted by Crippen LogP contribution is 2.26. The molecule has 0 aliphatic rings. The molecule has 0 atom stereocenters. The molecule has 0 bridgehead atoms. The highest BCUT2D eigenvalue weighted by atomic mass is 32.2. The van der Waals surface area contributed by atoms with Crippen molar-refractivity contribution < 1.29 is 4.42 Å². The smallest absolute Gasteiger partial charge is 0.282 e. The molecule has 6 nitrogen and oxygen atoms in total. The molecule has 2 aromatic heterocycles. The van der Waals surface area contributed by atoms with Crippen molar-refractivity contribution in [2.45, 2.75) is 37.4 Å². The van der Waals surface area contributed by atoms with E-state index in [2.05, 4.69) is 32.4 Å². The second-order valence-electron chi connectivity index (χ2n) is 3.75. The van der Waals surface area contributed by atoms with Gasteiger partial charge in [-0.2, -0.15) is 0 Å². The topological polar surface area (TPSA) is 76.7 Å². The fourth-order valence-electron chi connectivity index (χ4n) is 1.35. The van der Waals surface area contributed by atoms with E-state index in [1.54, 1.807) is 6.92 Å². The molecule has 2 rings (SSSR count). The Morgan fingerprint density at radius 3 is 2.78 bits per heavy atom. The lowest BCUT2D eigenvalue weighted by Gasteiger charge is -2.05. The van der Waals surface area contributed by atoms with Crippen molar-refractivity contribution in [3.63, 3.8) is 0 Å². The van der Waals surface area contributed by atoms with Crippen LogP contribution in [0.3, 0.4) is 0 Å². The number of nitrogens with zero attached hydrogens (tertiary/aromatic N) is 4. The number of hydrogen-bond acceptors (Lipinski definition) is 7. The van der Waals surface area contributed by atoms with Crippen LogP contribution in [0.5, 0.6) is 0 Å². The number of anilines is 1. The maximum absolute atomic E-state index is 5.31. The van der Waals surface area contributed by atoms with Gasteiger partial charge in [-0.05, 0) is 25.1 Å². The third kappa shape index (κ3) is 3.43. The van der Waals surface area contributed by atoms with Crippen molar-refractivity contribution in [3.05, 3.63) is 17.8 Å². The summed E-state index contributed by atoms with van der Waals surface area (Å²) >= 11 is 1.34. The number of aryl methyl sites for hydroxylation is 2. The third-order valence-corrected chi connectivity index (χ3v) is 2.83. The molecule has 18 heavy (non-hydrogen) atoms. The summed E-state index contributed by atoms with van der Waals surface area (Å²) in [5.74, 6) is 2.09. The van der Waals surface area contributed by atoms with Crippen molar-refractivity contribution in [2.24, 2.45) is 0 Å². The molecule has 0 saturated heterocycles. The van der Waals surface area contributed by atoms with Gasteiger partial charge in [-0.3, -0.25) is 0 Å². The van der Waals surface area contributed by atoms with Crippen LogP contribution >= 0.6 is 11.8 Å².